The zero-order valence-corrected chi connectivity index (χ0v) is 16.8. The maximum atomic E-state index is 11.6. The summed E-state index contributed by atoms with van der Waals surface area (Å²) in [5.41, 5.74) is -2.29. The van der Waals surface area contributed by atoms with Gasteiger partial charge >= 0.3 is 12.3 Å². The lowest BCUT2D eigenvalue weighted by molar-refractivity contribution is -0.0391. The SMILES string of the molecule is CC(C)N=NC(C)(C)OC(=O)OCCOC(=O)OC(C)(C)N=NC(C)C. The molecule has 0 aromatic rings. The average molecular weight is 374 g/mol. The van der Waals surface area contributed by atoms with Gasteiger partial charge in [-0.15, -0.1) is 10.2 Å². The molecule has 0 heterocycles. The van der Waals surface area contributed by atoms with Gasteiger partial charge in [0.05, 0.1) is 12.1 Å². The Morgan fingerprint density at radius 2 is 1.04 bits per heavy atom. The first kappa shape index (κ1) is 23.7. The number of rotatable bonds is 9. The van der Waals surface area contributed by atoms with Crippen LogP contribution < -0.4 is 0 Å². The van der Waals surface area contributed by atoms with E-state index in [0.29, 0.717) is 0 Å². The number of ether oxygens (including phenoxy) is 4. The molecule has 0 aliphatic heterocycles. The van der Waals surface area contributed by atoms with Crippen molar-refractivity contribution >= 4 is 12.3 Å². The molecule has 0 rings (SSSR count). The van der Waals surface area contributed by atoms with Gasteiger partial charge in [0.2, 0.25) is 11.4 Å². The molecule has 0 aliphatic carbocycles. The molecule has 10 nitrogen and oxygen atoms in total. The quantitative estimate of drug-likeness (QED) is 0.333. The summed E-state index contributed by atoms with van der Waals surface area (Å²) in [5, 5.41) is 15.6. The number of carbonyl (C=O) groups is 2. The fourth-order valence-electron chi connectivity index (χ4n) is 1.27. The van der Waals surface area contributed by atoms with Gasteiger partial charge in [-0.25, -0.2) is 9.59 Å². The number of azo groups is 2. The van der Waals surface area contributed by atoms with Crippen molar-refractivity contribution in [2.24, 2.45) is 20.5 Å². The minimum Gasteiger partial charge on any atom is -0.431 e. The summed E-state index contributed by atoms with van der Waals surface area (Å²) in [6.45, 7) is 13.3. The van der Waals surface area contributed by atoms with Crippen LogP contribution in [0.5, 0.6) is 0 Å². The Hall–Kier alpha value is -2.26. The van der Waals surface area contributed by atoms with Crippen LogP contribution in [0.2, 0.25) is 0 Å². The van der Waals surface area contributed by atoms with Crippen LogP contribution in [0.4, 0.5) is 9.59 Å². The highest BCUT2D eigenvalue weighted by atomic mass is 16.8. The summed E-state index contributed by atoms with van der Waals surface area (Å²) in [7, 11) is 0. The smallest absolute Gasteiger partial charge is 0.431 e. The molecule has 150 valence electrons. The molecule has 0 atom stereocenters. The Balaban J connectivity index is 4.15. The van der Waals surface area contributed by atoms with Gasteiger partial charge in [0.25, 0.3) is 0 Å². The topological polar surface area (TPSA) is 121 Å². The van der Waals surface area contributed by atoms with Gasteiger partial charge in [0.15, 0.2) is 0 Å². The first-order valence-corrected chi connectivity index (χ1v) is 8.38. The number of hydrogen-bond donors (Lipinski definition) is 0. The van der Waals surface area contributed by atoms with Crippen LogP contribution in [-0.2, 0) is 18.9 Å². The molecule has 10 heteroatoms. The lowest BCUT2D eigenvalue weighted by atomic mass is 10.3. The third-order valence-corrected chi connectivity index (χ3v) is 2.25. The second-order valence-electron chi connectivity index (χ2n) is 6.91. The van der Waals surface area contributed by atoms with Gasteiger partial charge in [-0.3, -0.25) is 0 Å². The molecule has 0 radical (unpaired) electrons. The molecule has 0 spiro atoms. The molecule has 0 fully saturated rings. The third kappa shape index (κ3) is 13.1. The van der Waals surface area contributed by atoms with E-state index in [0.717, 1.165) is 0 Å². The highest BCUT2D eigenvalue weighted by molar-refractivity contribution is 5.61. The van der Waals surface area contributed by atoms with E-state index in [4.69, 9.17) is 18.9 Å². The van der Waals surface area contributed by atoms with Crippen LogP contribution >= 0.6 is 0 Å². The normalized spacial score (nSPS) is 12.8. The Morgan fingerprint density at radius 1 is 0.731 bits per heavy atom. The van der Waals surface area contributed by atoms with Crippen LogP contribution in [0.3, 0.4) is 0 Å². The fraction of sp³-hybridized carbons (Fsp3) is 0.875. The summed E-state index contributed by atoms with van der Waals surface area (Å²) in [6.07, 6.45) is -1.89. The van der Waals surface area contributed by atoms with Gasteiger partial charge in [-0.05, 0) is 55.4 Å². The second-order valence-corrected chi connectivity index (χ2v) is 6.91. The van der Waals surface area contributed by atoms with Gasteiger partial charge < -0.3 is 18.9 Å². The maximum Gasteiger partial charge on any atom is 0.510 e. The minimum absolute atomic E-state index is 0.0161. The summed E-state index contributed by atoms with van der Waals surface area (Å²) in [6, 6.07) is -0.0322. The van der Waals surface area contributed by atoms with E-state index in [2.05, 4.69) is 20.5 Å². The zero-order chi connectivity index (χ0) is 20.4. The second kappa shape index (κ2) is 10.7. The highest BCUT2D eigenvalue weighted by Gasteiger charge is 2.25. The molecule has 0 aliphatic rings. The summed E-state index contributed by atoms with van der Waals surface area (Å²) < 4.78 is 19.6. The summed E-state index contributed by atoms with van der Waals surface area (Å²) >= 11 is 0. The molecule has 26 heavy (non-hydrogen) atoms. The molecule has 0 aromatic carbocycles. The predicted octanol–water partition coefficient (Wildman–Crippen LogP) is 4.49. The molecule has 0 N–H and O–H groups in total. The maximum absolute atomic E-state index is 11.6. The molecule has 0 unspecified atom stereocenters. The summed E-state index contributed by atoms with van der Waals surface area (Å²) in [4.78, 5) is 23.2. The van der Waals surface area contributed by atoms with Crippen molar-refractivity contribution in [2.75, 3.05) is 13.2 Å². The van der Waals surface area contributed by atoms with E-state index in [9.17, 15) is 9.59 Å². The predicted molar refractivity (Wildman–Crippen MR) is 93.0 cm³/mol. The van der Waals surface area contributed by atoms with Crippen molar-refractivity contribution in [3.63, 3.8) is 0 Å². The van der Waals surface area contributed by atoms with Crippen LogP contribution in [0.1, 0.15) is 55.4 Å². The van der Waals surface area contributed by atoms with E-state index in [1.54, 1.807) is 27.7 Å². The van der Waals surface area contributed by atoms with Crippen molar-refractivity contribution in [2.45, 2.75) is 78.9 Å². The lowest BCUT2D eigenvalue weighted by Crippen LogP contribution is -2.28. The van der Waals surface area contributed by atoms with Crippen LogP contribution in [0.25, 0.3) is 0 Å². The fourth-order valence-corrected chi connectivity index (χ4v) is 1.27. The van der Waals surface area contributed by atoms with Gasteiger partial charge in [-0.1, -0.05) is 0 Å². The molecular formula is C16H30N4O6. The Bertz CT molecular complexity index is 469. The van der Waals surface area contributed by atoms with Gasteiger partial charge in [-0.2, -0.15) is 10.2 Å². The number of carbonyl (C=O) groups excluding carboxylic acids is 2. The Kier molecular flexibility index (Phi) is 9.74. The van der Waals surface area contributed by atoms with E-state index in [-0.39, 0.29) is 25.3 Å². The van der Waals surface area contributed by atoms with Crippen LogP contribution in [0, 0.1) is 0 Å². The van der Waals surface area contributed by atoms with E-state index < -0.39 is 23.8 Å². The molecule has 0 aromatic heterocycles. The van der Waals surface area contributed by atoms with Gasteiger partial charge in [0.1, 0.15) is 13.2 Å². The van der Waals surface area contributed by atoms with E-state index >= 15 is 0 Å². The molecule has 0 amide bonds. The summed E-state index contributed by atoms with van der Waals surface area (Å²) in [5.74, 6) is 0. The van der Waals surface area contributed by atoms with Crippen molar-refractivity contribution in [3.05, 3.63) is 0 Å². The Labute approximate surface area is 154 Å². The highest BCUT2D eigenvalue weighted by Crippen LogP contribution is 2.15. The number of nitrogens with zero attached hydrogens (tertiary/aromatic N) is 4. The third-order valence-electron chi connectivity index (χ3n) is 2.25. The zero-order valence-electron chi connectivity index (χ0n) is 16.8. The first-order valence-electron chi connectivity index (χ1n) is 8.38. The van der Waals surface area contributed by atoms with Crippen molar-refractivity contribution in [3.8, 4) is 0 Å². The van der Waals surface area contributed by atoms with E-state index in [1.165, 1.54) is 0 Å². The standard InChI is InChI=1S/C16H30N4O6/c1-11(2)17-19-15(5,6)25-13(21)23-9-10-24-14(22)26-16(7,8)20-18-12(3)4/h11-12H,9-10H2,1-8H3. The Morgan fingerprint density at radius 3 is 1.31 bits per heavy atom. The van der Waals surface area contributed by atoms with E-state index in [1.807, 2.05) is 27.7 Å². The molecule has 0 saturated carbocycles. The lowest BCUT2D eigenvalue weighted by Gasteiger charge is -2.20. The molecule has 0 bridgehead atoms. The first-order chi connectivity index (χ1) is 11.8. The van der Waals surface area contributed by atoms with Crippen molar-refractivity contribution in [1.82, 2.24) is 0 Å². The van der Waals surface area contributed by atoms with Crippen LogP contribution in [0.15, 0.2) is 20.5 Å². The van der Waals surface area contributed by atoms with Gasteiger partial charge in [0, 0.05) is 0 Å². The molecular weight excluding hydrogens is 344 g/mol. The van der Waals surface area contributed by atoms with Crippen LogP contribution in [-0.4, -0.2) is 49.1 Å². The minimum atomic E-state index is -1.15. The number of hydrogen-bond acceptors (Lipinski definition) is 10. The van der Waals surface area contributed by atoms with Crippen molar-refractivity contribution < 1.29 is 28.5 Å². The van der Waals surface area contributed by atoms with Crippen molar-refractivity contribution in [1.29, 1.82) is 0 Å². The molecule has 0 saturated heterocycles. The average Bonchev–Trinajstić information content (AvgIpc) is 2.47. The monoisotopic (exact) mass is 374 g/mol. The largest absolute Gasteiger partial charge is 0.510 e.